The van der Waals surface area contributed by atoms with E-state index in [9.17, 15) is 13.2 Å². The lowest BCUT2D eigenvalue weighted by Crippen LogP contribution is -2.36. The molecule has 0 aliphatic heterocycles. The molecule has 4 nitrogen and oxygen atoms in total. The van der Waals surface area contributed by atoms with Gasteiger partial charge in [0.2, 0.25) is 0 Å². The first kappa shape index (κ1) is 14.6. The number of hydrogen-bond acceptors (Lipinski definition) is 4. The van der Waals surface area contributed by atoms with Gasteiger partial charge in [-0.25, -0.2) is 13.2 Å². The van der Waals surface area contributed by atoms with E-state index >= 15 is 0 Å². The van der Waals surface area contributed by atoms with E-state index in [-0.39, 0.29) is 11.5 Å². The molecule has 0 heterocycles. The fraction of sp³-hybridized carbons (Fsp3) is 0.455. The van der Waals surface area contributed by atoms with E-state index in [1.54, 1.807) is 0 Å². The fourth-order valence-corrected chi connectivity index (χ4v) is 1.43. The lowest BCUT2D eigenvalue weighted by Gasteiger charge is -2.23. The monoisotopic (exact) mass is 265 g/mol. The summed E-state index contributed by atoms with van der Waals surface area (Å²) in [6, 6.07) is -0.0357. The third kappa shape index (κ3) is 2.68. The van der Waals surface area contributed by atoms with Crippen LogP contribution < -0.4 is 15.2 Å². The van der Waals surface area contributed by atoms with Crippen LogP contribution in [-0.4, -0.2) is 31.9 Å². The van der Waals surface area contributed by atoms with Gasteiger partial charge in [-0.3, -0.25) is 0 Å². The quantitative estimate of drug-likeness (QED) is 0.846. The number of aliphatic hydroxyl groups is 1. The molecular weight excluding hydrogens is 251 g/mol. The van der Waals surface area contributed by atoms with Gasteiger partial charge in [-0.15, -0.1) is 0 Å². The third-order valence-electron chi connectivity index (χ3n) is 2.50. The Kier molecular flexibility index (Phi) is 4.42. The summed E-state index contributed by atoms with van der Waals surface area (Å²) in [7, 11) is 2.58. The van der Waals surface area contributed by atoms with Crippen molar-refractivity contribution in [1.29, 1.82) is 0 Å². The normalized spacial score (nSPS) is 13.3. The zero-order valence-electron chi connectivity index (χ0n) is 9.91. The number of aliphatic hydroxyl groups excluding tert-OH is 1. The Labute approximate surface area is 102 Å². The van der Waals surface area contributed by atoms with Crippen LogP contribution in [0.4, 0.5) is 13.2 Å². The van der Waals surface area contributed by atoms with Crippen LogP contribution in [0.3, 0.4) is 0 Å². The molecule has 18 heavy (non-hydrogen) atoms. The smallest absolute Gasteiger partial charge is 0.289 e. The number of rotatable bonds is 5. The van der Waals surface area contributed by atoms with Crippen LogP contribution in [-0.2, 0) is 0 Å². The van der Waals surface area contributed by atoms with Gasteiger partial charge in [0.25, 0.3) is 5.92 Å². The van der Waals surface area contributed by atoms with Crippen molar-refractivity contribution in [2.24, 2.45) is 5.73 Å². The van der Waals surface area contributed by atoms with Gasteiger partial charge in [-0.2, -0.15) is 0 Å². The molecule has 0 bridgehead atoms. The lowest BCUT2D eigenvalue weighted by atomic mass is 10.0. The molecule has 0 amide bonds. The highest BCUT2D eigenvalue weighted by Crippen LogP contribution is 2.36. The van der Waals surface area contributed by atoms with Crippen molar-refractivity contribution in [3.8, 4) is 11.5 Å². The Balaban J connectivity index is 3.25. The molecular formula is C11H14F3NO3. The first-order valence-corrected chi connectivity index (χ1v) is 5.03. The van der Waals surface area contributed by atoms with Gasteiger partial charge in [0.1, 0.15) is 12.4 Å². The minimum atomic E-state index is -3.62. The minimum Gasteiger partial charge on any atom is -0.493 e. The average molecular weight is 265 g/mol. The summed E-state index contributed by atoms with van der Waals surface area (Å²) in [4.78, 5) is 0. The molecule has 0 unspecified atom stereocenters. The molecule has 0 saturated carbocycles. The SMILES string of the molecule is COc1cc(F)c([C@@H](N)C(F)(F)CO)cc1OC. The zero-order valence-corrected chi connectivity index (χ0v) is 9.91. The number of ether oxygens (including phenoxy) is 2. The molecule has 0 aliphatic rings. The highest BCUT2D eigenvalue weighted by atomic mass is 19.3. The maximum Gasteiger partial charge on any atom is 0.289 e. The number of methoxy groups -OCH3 is 2. The van der Waals surface area contributed by atoms with Crippen molar-refractivity contribution in [2.45, 2.75) is 12.0 Å². The van der Waals surface area contributed by atoms with Gasteiger partial charge in [0, 0.05) is 11.6 Å². The standard InChI is InChI=1S/C11H14F3NO3/c1-17-8-3-6(7(12)4-9(8)18-2)10(15)11(13,14)5-16/h3-4,10,16H,5,15H2,1-2H3/t10-/m1/s1. The van der Waals surface area contributed by atoms with Crippen LogP contribution in [0.5, 0.6) is 11.5 Å². The summed E-state index contributed by atoms with van der Waals surface area (Å²) in [5, 5.41) is 8.54. The number of hydrogen-bond donors (Lipinski definition) is 2. The Morgan fingerprint density at radius 1 is 1.28 bits per heavy atom. The van der Waals surface area contributed by atoms with Gasteiger partial charge in [0.15, 0.2) is 11.5 Å². The van der Waals surface area contributed by atoms with E-state index < -0.39 is 30.0 Å². The first-order valence-electron chi connectivity index (χ1n) is 5.03. The lowest BCUT2D eigenvalue weighted by molar-refractivity contribution is -0.0719. The number of alkyl halides is 2. The summed E-state index contributed by atoms with van der Waals surface area (Å²) in [5.74, 6) is -4.43. The Morgan fingerprint density at radius 3 is 2.22 bits per heavy atom. The summed E-state index contributed by atoms with van der Waals surface area (Å²) in [6.07, 6.45) is 0. The molecule has 0 spiro atoms. The molecule has 0 aromatic heterocycles. The van der Waals surface area contributed by atoms with E-state index in [4.69, 9.17) is 20.3 Å². The van der Waals surface area contributed by atoms with Crippen LogP contribution in [0.1, 0.15) is 11.6 Å². The maximum absolute atomic E-state index is 13.6. The van der Waals surface area contributed by atoms with Crippen LogP contribution in [0.2, 0.25) is 0 Å². The first-order chi connectivity index (χ1) is 8.37. The zero-order chi connectivity index (χ0) is 13.9. The van der Waals surface area contributed by atoms with Crippen molar-refractivity contribution < 1.29 is 27.8 Å². The average Bonchev–Trinajstić information content (AvgIpc) is 2.37. The predicted octanol–water partition coefficient (Wildman–Crippen LogP) is 1.47. The van der Waals surface area contributed by atoms with Gasteiger partial charge in [-0.1, -0.05) is 0 Å². The fourth-order valence-electron chi connectivity index (χ4n) is 1.43. The molecule has 1 aromatic carbocycles. The Bertz CT molecular complexity index is 426. The number of halogens is 3. The van der Waals surface area contributed by atoms with Crippen LogP contribution in [0, 0.1) is 5.82 Å². The maximum atomic E-state index is 13.6. The van der Waals surface area contributed by atoms with Crippen molar-refractivity contribution in [3.63, 3.8) is 0 Å². The minimum absolute atomic E-state index is 0.0678. The van der Waals surface area contributed by atoms with E-state index in [0.29, 0.717) is 0 Å². The van der Waals surface area contributed by atoms with Crippen molar-refractivity contribution in [1.82, 2.24) is 0 Å². The van der Waals surface area contributed by atoms with Gasteiger partial charge in [-0.05, 0) is 6.07 Å². The van der Waals surface area contributed by atoms with E-state index in [1.165, 1.54) is 14.2 Å². The molecule has 1 rings (SSSR count). The van der Waals surface area contributed by atoms with Crippen molar-refractivity contribution >= 4 is 0 Å². The molecule has 102 valence electrons. The van der Waals surface area contributed by atoms with Crippen molar-refractivity contribution in [2.75, 3.05) is 20.8 Å². The topological polar surface area (TPSA) is 64.7 Å². The van der Waals surface area contributed by atoms with Crippen LogP contribution >= 0.6 is 0 Å². The second kappa shape index (κ2) is 5.45. The summed E-state index contributed by atoms with van der Waals surface area (Å²) in [5.41, 5.74) is 4.80. The van der Waals surface area contributed by atoms with Gasteiger partial charge in [0.05, 0.1) is 20.3 Å². The van der Waals surface area contributed by atoms with Gasteiger partial charge >= 0.3 is 0 Å². The largest absolute Gasteiger partial charge is 0.493 e. The van der Waals surface area contributed by atoms with Crippen LogP contribution in [0.15, 0.2) is 12.1 Å². The molecule has 7 heteroatoms. The highest BCUT2D eigenvalue weighted by Gasteiger charge is 2.39. The van der Waals surface area contributed by atoms with Gasteiger partial charge < -0.3 is 20.3 Å². The number of nitrogens with two attached hydrogens (primary N) is 1. The highest BCUT2D eigenvalue weighted by molar-refractivity contribution is 5.45. The molecule has 1 aromatic rings. The van der Waals surface area contributed by atoms with E-state index in [0.717, 1.165) is 12.1 Å². The summed E-state index contributed by atoms with van der Waals surface area (Å²) < 4.78 is 49.8. The second-order valence-corrected chi connectivity index (χ2v) is 3.63. The molecule has 0 saturated heterocycles. The summed E-state index contributed by atoms with van der Waals surface area (Å²) >= 11 is 0. The molecule has 0 aliphatic carbocycles. The third-order valence-corrected chi connectivity index (χ3v) is 2.50. The Morgan fingerprint density at radius 2 is 1.78 bits per heavy atom. The summed E-state index contributed by atoms with van der Waals surface area (Å²) in [6.45, 7) is -1.47. The Hall–Kier alpha value is -1.47. The number of benzene rings is 1. The van der Waals surface area contributed by atoms with E-state index in [1.807, 2.05) is 0 Å². The molecule has 1 atom stereocenters. The molecule has 0 radical (unpaired) electrons. The predicted molar refractivity (Wildman–Crippen MR) is 58.5 cm³/mol. The molecule has 0 fully saturated rings. The second-order valence-electron chi connectivity index (χ2n) is 3.63. The van der Waals surface area contributed by atoms with Crippen LogP contribution in [0.25, 0.3) is 0 Å². The molecule has 3 N–H and O–H groups in total. The van der Waals surface area contributed by atoms with Crippen molar-refractivity contribution in [3.05, 3.63) is 23.5 Å². The van der Waals surface area contributed by atoms with E-state index in [2.05, 4.69) is 0 Å².